The van der Waals surface area contributed by atoms with Gasteiger partial charge in [0.2, 0.25) is 0 Å². The monoisotopic (exact) mass is 240 g/mol. The molecule has 0 aromatic carbocycles. The molecule has 1 heterocycles. The van der Waals surface area contributed by atoms with Gasteiger partial charge in [-0.25, -0.2) is 0 Å². The largest absolute Gasteiger partial charge is 0.314 e. The molecule has 0 amide bonds. The minimum atomic E-state index is 0.717. The van der Waals surface area contributed by atoms with Gasteiger partial charge in [0.15, 0.2) is 0 Å². The topological polar surface area (TPSA) is 15.3 Å². The Kier molecular flexibility index (Phi) is 7.14. The highest BCUT2D eigenvalue weighted by Gasteiger charge is 2.17. The summed E-state index contributed by atoms with van der Waals surface area (Å²) in [5, 5.41) is 3.75. The Morgan fingerprint density at radius 1 is 1.12 bits per heavy atom. The number of nitrogens with one attached hydrogen (secondary N) is 1. The summed E-state index contributed by atoms with van der Waals surface area (Å²) >= 11 is 0. The fraction of sp³-hybridized carbons (Fsp3) is 1.00. The summed E-state index contributed by atoms with van der Waals surface area (Å²) in [6.45, 7) is 13.0. The zero-order valence-electron chi connectivity index (χ0n) is 12.3. The zero-order chi connectivity index (χ0) is 12.7. The minimum absolute atomic E-state index is 0.717. The summed E-state index contributed by atoms with van der Waals surface area (Å²) in [5.41, 5.74) is 0. The second-order valence-electron chi connectivity index (χ2n) is 6.25. The molecule has 0 aromatic heterocycles. The van der Waals surface area contributed by atoms with Crippen LogP contribution in [-0.4, -0.2) is 36.6 Å². The van der Waals surface area contributed by atoms with Gasteiger partial charge in [-0.1, -0.05) is 13.8 Å². The third kappa shape index (κ3) is 6.42. The molecule has 1 atom stereocenters. The van der Waals surface area contributed by atoms with Crippen molar-refractivity contribution in [2.24, 2.45) is 5.92 Å². The van der Waals surface area contributed by atoms with Crippen LogP contribution in [0, 0.1) is 5.92 Å². The van der Waals surface area contributed by atoms with Gasteiger partial charge >= 0.3 is 0 Å². The maximum Gasteiger partial charge on any atom is 0.00797 e. The van der Waals surface area contributed by atoms with E-state index in [0.717, 1.165) is 18.0 Å². The number of rotatable bonds is 6. The van der Waals surface area contributed by atoms with Gasteiger partial charge in [0.25, 0.3) is 0 Å². The van der Waals surface area contributed by atoms with E-state index in [1.165, 1.54) is 51.7 Å². The molecular weight excluding hydrogens is 208 g/mol. The van der Waals surface area contributed by atoms with Crippen LogP contribution < -0.4 is 5.32 Å². The van der Waals surface area contributed by atoms with E-state index in [0.29, 0.717) is 0 Å². The molecular formula is C15H32N2. The van der Waals surface area contributed by atoms with Crippen molar-refractivity contribution >= 4 is 0 Å². The molecule has 17 heavy (non-hydrogen) atoms. The van der Waals surface area contributed by atoms with Crippen LogP contribution in [0.1, 0.15) is 59.8 Å². The maximum atomic E-state index is 3.75. The molecule has 0 aliphatic carbocycles. The van der Waals surface area contributed by atoms with Crippen molar-refractivity contribution in [3.8, 4) is 0 Å². The van der Waals surface area contributed by atoms with Gasteiger partial charge in [0.05, 0.1) is 0 Å². The molecule has 1 unspecified atom stereocenters. The highest BCUT2D eigenvalue weighted by atomic mass is 15.1. The first kappa shape index (κ1) is 15.0. The van der Waals surface area contributed by atoms with Gasteiger partial charge < -0.3 is 10.2 Å². The molecule has 2 nitrogen and oxygen atoms in total. The molecule has 102 valence electrons. The Hall–Kier alpha value is -0.0800. The van der Waals surface area contributed by atoms with E-state index in [-0.39, 0.29) is 0 Å². The second-order valence-corrected chi connectivity index (χ2v) is 6.25. The molecule has 1 rings (SSSR count). The van der Waals surface area contributed by atoms with E-state index >= 15 is 0 Å². The van der Waals surface area contributed by atoms with E-state index in [9.17, 15) is 0 Å². The zero-order valence-corrected chi connectivity index (χ0v) is 12.3. The molecule has 1 fully saturated rings. The van der Waals surface area contributed by atoms with Crippen molar-refractivity contribution in [3.63, 3.8) is 0 Å². The minimum Gasteiger partial charge on any atom is -0.314 e. The van der Waals surface area contributed by atoms with Crippen molar-refractivity contribution in [2.75, 3.05) is 19.6 Å². The standard InChI is InChI=1S/C15H32N2/c1-13(2)7-5-10-16-15-8-6-11-17(12-9-15)14(3)4/h13-16H,5-12H2,1-4H3. The van der Waals surface area contributed by atoms with Crippen molar-refractivity contribution in [2.45, 2.75) is 71.9 Å². The van der Waals surface area contributed by atoms with Crippen LogP contribution >= 0.6 is 0 Å². The molecule has 1 saturated heterocycles. The normalized spacial score (nSPS) is 23.3. The van der Waals surface area contributed by atoms with Crippen LogP contribution in [0.3, 0.4) is 0 Å². The van der Waals surface area contributed by atoms with Crippen LogP contribution in [-0.2, 0) is 0 Å². The van der Waals surface area contributed by atoms with Crippen molar-refractivity contribution in [1.29, 1.82) is 0 Å². The van der Waals surface area contributed by atoms with Crippen LogP contribution in [0.2, 0.25) is 0 Å². The molecule has 1 aliphatic heterocycles. The van der Waals surface area contributed by atoms with E-state index < -0.39 is 0 Å². The van der Waals surface area contributed by atoms with Gasteiger partial charge in [0, 0.05) is 12.1 Å². The molecule has 1 N–H and O–H groups in total. The van der Waals surface area contributed by atoms with Gasteiger partial charge in [-0.15, -0.1) is 0 Å². The second kappa shape index (κ2) is 8.10. The Morgan fingerprint density at radius 3 is 2.53 bits per heavy atom. The van der Waals surface area contributed by atoms with E-state index in [2.05, 4.69) is 37.9 Å². The molecule has 0 saturated carbocycles. The van der Waals surface area contributed by atoms with E-state index in [4.69, 9.17) is 0 Å². The Bertz CT molecular complexity index is 189. The highest BCUT2D eigenvalue weighted by Crippen LogP contribution is 2.13. The lowest BCUT2D eigenvalue weighted by Gasteiger charge is -2.24. The molecule has 0 bridgehead atoms. The number of hydrogen-bond acceptors (Lipinski definition) is 2. The van der Waals surface area contributed by atoms with Crippen LogP contribution in [0.15, 0.2) is 0 Å². The fourth-order valence-corrected chi connectivity index (χ4v) is 2.66. The van der Waals surface area contributed by atoms with E-state index in [1.54, 1.807) is 0 Å². The summed E-state index contributed by atoms with van der Waals surface area (Å²) < 4.78 is 0. The average Bonchev–Trinajstić information content (AvgIpc) is 2.49. The first-order chi connectivity index (χ1) is 8.09. The van der Waals surface area contributed by atoms with Crippen LogP contribution in [0.5, 0.6) is 0 Å². The first-order valence-electron chi connectivity index (χ1n) is 7.57. The third-order valence-electron chi connectivity index (χ3n) is 3.88. The first-order valence-corrected chi connectivity index (χ1v) is 7.57. The predicted octanol–water partition coefficient (Wildman–Crippen LogP) is 3.28. The SMILES string of the molecule is CC(C)CCCNC1CCCN(C(C)C)CC1. The highest BCUT2D eigenvalue weighted by molar-refractivity contribution is 4.76. The summed E-state index contributed by atoms with van der Waals surface area (Å²) in [5.74, 6) is 0.849. The quantitative estimate of drug-likeness (QED) is 0.717. The molecule has 0 aromatic rings. The summed E-state index contributed by atoms with van der Waals surface area (Å²) in [6, 6.07) is 1.49. The Labute approximate surface area is 108 Å². The molecule has 2 heteroatoms. The van der Waals surface area contributed by atoms with Gasteiger partial charge in [0.1, 0.15) is 0 Å². The molecule has 0 spiro atoms. The van der Waals surface area contributed by atoms with Gasteiger partial charge in [-0.3, -0.25) is 0 Å². The summed E-state index contributed by atoms with van der Waals surface area (Å²) in [4.78, 5) is 2.62. The average molecular weight is 240 g/mol. The number of likely N-dealkylation sites (tertiary alicyclic amines) is 1. The smallest absolute Gasteiger partial charge is 0.00797 e. The van der Waals surface area contributed by atoms with Gasteiger partial charge in [-0.2, -0.15) is 0 Å². The summed E-state index contributed by atoms with van der Waals surface area (Å²) in [6.07, 6.45) is 6.75. The Morgan fingerprint density at radius 2 is 1.88 bits per heavy atom. The molecule has 1 aliphatic rings. The fourth-order valence-electron chi connectivity index (χ4n) is 2.66. The van der Waals surface area contributed by atoms with Crippen molar-refractivity contribution in [1.82, 2.24) is 10.2 Å². The predicted molar refractivity (Wildman–Crippen MR) is 76.4 cm³/mol. The van der Waals surface area contributed by atoms with Crippen LogP contribution in [0.4, 0.5) is 0 Å². The summed E-state index contributed by atoms with van der Waals surface area (Å²) in [7, 11) is 0. The lowest BCUT2D eigenvalue weighted by atomic mass is 10.1. The third-order valence-corrected chi connectivity index (χ3v) is 3.88. The van der Waals surface area contributed by atoms with Crippen molar-refractivity contribution < 1.29 is 0 Å². The number of nitrogens with zero attached hydrogens (tertiary/aromatic N) is 1. The lowest BCUT2D eigenvalue weighted by molar-refractivity contribution is 0.229. The van der Waals surface area contributed by atoms with Gasteiger partial charge in [-0.05, 0) is 71.5 Å². The van der Waals surface area contributed by atoms with E-state index in [1.807, 2.05) is 0 Å². The molecule has 0 radical (unpaired) electrons. The van der Waals surface area contributed by atoms with Crippen LogP contribution in [0.25, 0.3) is 0 Å². The lowest BCUT2D eigenvalue weighted by Crippen LogP contribution is -2.34. The Balaban J connectivity index is 2.14. The maximum absolute atomic E-state index is 3.75. The van der Waals surface area contributed by atoms with Crippen molar-refractivity contribution in [3.05, 3.63) is 0 Å². The number of hydrogen-bond donors (Lipinski definition) is 1.